The van der Waals surface area contributed by atoms with Gasteiger partial charge < -0.3 is 11.5 Å². The van der Waals surface area contributed by atoms with E-state index in [1.807, 2.05) is 0 Å². The van der Waals surface area contributed by atoms with Gasteiger partial charge in [-0.3, -0.25) is 10.1 Å². The van der Waals surface area contributed by atoms with E-state index in [0.29, 0.717) is 0 Å². The van der Waals surface area contributed by atoms with Crippen LogP contribution in [0.4, 0.5) is 15.8 Å². The second kappa shape index (κ2) is 4.39. The van der Waals surface area contributed by atoms with Gasteiger partial charge in [0.25, 0.3) is 5.69 Å². The number of rotatable bonds is 1. The van der Waals surface area contributed by atoms with Crippen LogP contribution in [0.5, 0.6) is 0 Å². The van der Waals surface area contributed by atoms with Gasteiger partial charge in [-0.25, -0.2) is 4.39 Å². The van der Waals surface area contributed by atoms with E-state index in [4.69, 9.17) is 11.5 Å². The van der Waals surface area contributed by atoms with E-state index in [9.17, 15) is 14.5 Å². The number of anilines is 1. The first-order chi connectivity index (χ1) is 7.06. The number of nitro benzene ring substituents is 1. The summed E-state index contributed by atoms with van der Waals surface area (Å²) in [6.45, 7) is 0.0732. The SMILES string of the molecule is NCC#Cc1cc(F)cc([N+](=O)[O-])c1N. The van der Waals surface area contributed by atoms with E-state index >= 15 is 0 Å². The summed E-state index contributed by atoms with van der Waals surface area (Å²) in [4.78, 5) is 9.73. The van der Waals surface area contributed by atoms with Gasteiger partial charge in [-0.05, 0) is 6.07 Å². The highest BCUT2D eigenvalue weighted by Gasteiger charge is 2.16. The van der Waals surface area contributed by atoms with Crippen LogP contribution in [0.25, 0.3) is 0 Å². The van der Waals surface area contributed by atoms with Crippen LogP contribution >= 0.6 is 0 Å². The summed E-state index contributed by atoms with van der Waals surface area (Å²) >= 11 is 0. The first kappa shape index (κ1) is 10.9. The molecule has 4 N–H and O–H groups in total. The summed E-state index contributed by atoms with van der Waals surface area (Å²) in [7, 11) is 0. The molecule has 0 spiro atoms. The van der Waals surface area contributed by atoms with E-state index in [1.54, 1.807) is 0 Å². The number of hydrogen-bond donors (Lipinski definition) is 2. The molecular formula is C9H8FN3O2. The van der Waals surface area contributed by atoms with E-state index in [0.717, 1.165) is 12.1 Å². The molecule has 0 aliphatic rings. The minimum absolute atomic E-state index is 0.0732. The third kappa shape index (κ3) is 2.42. The van der Waals surface area contributed by atoms with Gasteiger partial charge in [0.1, 0.15) is 11.5 Å². The summed E-state index contributed by atoms with van der Waals surface area (Å²) in [5.74, 6) is 4.16. The lowest BCUT2D eigenvalue weighted by molar-refractivity contribution is -0.384. The lowest BCUT2D eigenvalue weighted by Gasteiger charge is -2.00. The zero-order valence-corrected chi connectivity index (χ0v) is 7.66. The molecule has 1 aromatic rings. The van der Waals surface area contributed by atoms with Gasteiger partial charge in [-0.2, -0.15) is 0 Å². The first-order valence-corrected chi connectivity index (χ1v) is 3.98. The highest BCUT2D eigenvalue weighted by atomic mass is 19.1. The van der Waals surface area contributed by atoms with Gasteiger partial charge in [0.05, 0.1) is 23.1 Å². The van der Waals surface area contributed by atoms with Gasteiger partial charge in [-0.1, -0.05) is 11.8 Å². The lowest BCUT2D eigenvalue weighted by Crippen LogP contribution is -2.00. The minimum atomic E-state index is -0.758. The topological polar surface area (TPSA) is 95.2 Å². The molecule has 78 valence electrons. The predicted molar refractivity (Wildman–Crippen MR) is 53.4 cm³/mol. The lowest BCUT2D eigenvalue weighted by atomic mass is 10.1. The minimum Gasteiger partial charge on any atom is -0.392 e. The number of nitrogen functional groups attached to an aromatic ring is 1. The summed E-state index contributed by atoms with van der Waals surface area (Å²) in [6.07, 6.45) is 0. The number of nitrogens with two attached hydrogens (primary N) is 2. The smallest absolute Gasteiger partial charge is 0.296 e. The number of benzene rings is 1. The average molecular weight is 209 g/mol. The molecule has 15 heavy (non-hydrogen) atoms. The fourth-order valence-corrected chi connectivity index (χ4v) is 1.00. The summed E-state index contributed by atoms with van der Waals surface area (Å²) < 4.78 is 12.9. The summed E-state index contributed by atoms with van der Waals surface area (Å²) in [6, 6.07) is 1.79. The van der Waals surface area contributed by atoms with Crippen LogP contribution in [0.3, 0.4) is 0 Å². The van der Waals surface area contributed by atoms with Crippen LogP contribution in [0, 0.1) is 27.8 Å². The molecule has 0 aliphatic heterocycles. The van der Waals surface area contributed by atoms with E-state index in [1.165, 1.54) is 0 Å². The molecule has 0 saturated carbocycles. The van der Waals surface area contributed by atoms with Crippen LogP contribution in [0.2, 0.25) is 0 Å². The Hall–Kier alpha value is -2.13. The standard InChI is InChI=1S/C9H8FN3O2/c10-7-4-6(2-1-3-11)9(12)8(5-7)13(14)15/h4-5H,3,11-12H2. The fraction of sp³-hybridized carbons (Fsp3) is 0.111. The molecule has 6 heteroatoms. The van der Waals surface area contributed by atoms with Gasteiger partial charge >= 0.3 is 0 Å². The second-order valence-corrected chi connectivity index (χ2v) is 2.65. The quantitative estimate of drug-likeness (QED) is 0.307. The molecule has 0 amide bonds. The highest BCUT2D eigenvalue weighted by Crippen LogP contribution is 2.25. The Labute approximate surface area is 85.0 Å². The van der Waals surface area contributed by atoms with Crippen molar-refractivity contribution >= 4 is 11.4 Å². The van der Waals surface area contributed by atoms with Crippen LogP contribution in [0.15, 0.2) is 12.1 Å². The zero-order chi connectivity index (χ0) is 11.4. The molecule has 0 aromatic heterocycles. The summed E-state index contributed by atoms with van der Waals surface area (Å²) in [5.41, 5.74) is 10.00. The van der Waals surface area contributed by atoms with Gasteiger partial charge in [0, 0.05) is 0 Å². The molecule has 0 radical (unpaired) electrons. The Morgan fingerprint density at radius 2 is 2.20 bits per heavy atom. The predicted octanol–water partition coefficient (Wildman–Crippen LogP) is 0.626. The normalized spacial score (nSPS) is 9.20. The zero-order valence-electron chi connectivity index (χ0n) is 7.66. The number of nitrogens with zero attached hydrogens (tertiary/aromatic N) is 1. The van der Waals surface area contributed by atoms with Crippen LogP contribution < -0.4 is 11.5 Å². The number of nitro groups is 1. The van der Waals surface area contributed by atoms with Crippen molar-refractivity contribution in [2.75, 3.05) is 12.3 Å². The van der Waals surface area contributed by atoms with Crippen LogP contribution in [0.1, 0.15) is 5.56 Å². The first-order valence-electron chi connectivity index (χ1n) is 3.98. The second-order valence-electron chi connectivity index (χ2n) is 2.65. The van der Waals surface area contributed by atoms with E-state index in [-0.39, 0.29) is 17.8 Å². The van der Waals surface area contributed by atoms with Crippen molar-refractivity contribution in [2.45, 2.75) is 0 Å². The average Bonchev–Trinajstić information content (AvgIpc) is 2.18. The molecule has 0 heterocycles. The summed E-state index contributed by atoms with van der Waals surface area (Å²) in [5, 5.41) is 10.5. The molecule has 0 saturated heterocycles. The number of halogens is 1. The Morgan fingerprint density at radius 3 is 2.73 bits per heavy atom. The Kier molecular flexibility index (Phi) is 3.21. The maximum atomic E-state index is 12.9. The largest absolute Gasteiger partial charge is 0.392 e. The third-order valence-corrected chi connectivity index (χ3v) is 1.64. The van der Waals surface area contributed by atoms with Crippen molar-refractivity contribution in [2.24, 2.45) is 5.73 Å². The molecular weight excluding hydrogens is 201 g/mol. The van der Waals surface area contributed by atoms with E-state index in [2.05, 4.69) is 11.8 Å². The van der Waals surface area contributed by atoms with Crippen molar-refractivity contribution in [3.05, 3.63) is 33.6 Å². The van der Waals surface area contributed by atoms with Gasteiger partial charge in [0.2, 0.25) is 0 Å². The van der Waals surface area contributed by atoms with Gasteiger partial charge in [-0.15, -0.1) is 0 Å². The molecule has 0 aliphatic carbocycles. The van der Waals surface area contributed by atoms with Gasteiger partial charge in [0.15, 0.2) is 0 Å². The van der Waals surface area contributed by atoms with Crippen molar-refractivity contribution in [3.8, 4) is 11.8 Å². The maximum Gasteiger partial charge on any atom is 0.296 e. The van der Waals surface area contributed by atoms with Crippen LogP contribution in [-0.2, 0) is 0 Å². The Bertz CT molecular complexity index is 462. The molecule has 1 rings (SSSR count). The molecule has 0 atom stereocenters. The van der Waals surface area contributed by atoms with E-state index < -0.39 is 16.4 Å². The molecule has 0 unspecified atom stereocenters. The Balaban J connectivity index is 3.34. The third-order valence-electron chi connectivity index (χ3n) is 1.64. The van der Waals surface area contributed by atoms with Crippen molar-refractivity contribution in [3.63, 3.8) is 0 Å². The van der Waals surface area contributed by atoms with Crippen molar-refractivity contribution in [1.29, 1.82) is 0 Å². The van der Waals surface area contributed by atoms with Crippen LogP contribution in [-0.4, -0.2) is 11.5 Å². The highest BCUT2D eigenvalue weighted by molar-refractivity contribution is 5.68. The monoisotopic (exact) mass is 209 g/mol. The van der Waals surface area contributed by atoms with Crippen molar-refractivity contribution in [1.82, 2.24) is 0 Å². The maximum absolute atomic E-state index is 12.9. The number of hydrogen-bond acceptors (Lipinski definition) is 4. The fourth-order valence-electron chi connectivity index (χ4n) is 1.00. The molecule has 0 fully saturated rings. The molecule has 0 bridgehead atoms. The van der Waals surface area contributed by atoms with Crippen molar-refractivity contribution < 1.29 is 9.31 Å². The molecule has 5 nitrogen and oxygen atoms in total. The molecule has 1 aromatic carbocycles. The Morgan fingerprint density at radius 1 is 1.53 bits per heavy atom.